The van der Waals surface area contributed by atoms with Gasteiger partial charge in [-0.15, -0.1) is 0 Å². The van der Waals surface area contributed by atoms with E-state index in [9.17, 15) is 9.59 Å². The Hall–Kier alpha value is -1.56. The third-order valence-electron chi connectivity index (χ3n) is 2.41. The van der Waals surface area contributed by atoms with Crippen LogP contribution in [0.1, 0.15) is 19.4 Å². The number of urea groups is 1. The maximum Gasteiger partial charge on any atom is 0.325 e. The third kappa shape index (κ3) is 4.03. The summed E-state index contributed by atoms with van der Waals surface area (Å²) >= 11 is 3.36. The van der Waals surface area contributed by atoms with Gasteiger partial charge in [0.15, 0.2) is 0 Å². The zero-order valence-electron chi connectivity index (χ0n) is 10.2. The number of carboxylic acid groups (broad SMARTS) is 1. The SMILES string of the molecule is CCc1cc(Br)ccc1NC(=O)NC(C)C(=O)O. The molecule has 1 atom stereocenters. The first kappa shape index (κ1) is 14.5. The number of aryl methyl sites for hydroxylation is 1. The molecule has 3 N–H and O–H groups in total. The summed E-state index contributed by atoms with van der Waals surface area (Å²) in [5, 5.41) is 13.7. The quantitative estimate of drug-likeness (QED) is 0.799. The molecule has 0 heterocycles. The molecule has 0 aliphatic carbocycles. The fourth-order valence-corrected chi connectivity index (χ4v) is 1.80. The molecular weight excluding hydrogens is 300 g/mol. The monoisotopic (exact) mass is 314 g/mol. The number of rotatable bonds is 4. The normalized spacial score (nSPS) is 11.7. The highest BCUT2D eigenvalue weighted by Crippen LogP contribution is 2.21. The van der Waals surface area contributed by atoms with Crippen molar-refractivity contribution in [3.8, 4) is 0 Å². The Labute approximate surface area is 114 Å². The van der Waals surface area contributed by atoms with Crippen molar-refractivity contribution in [3.63, 3.8) is 0 Å². The van der Waals surface area contributed by atoms with Crippen LogP contribution in [0.25, 0.3) is 0 Å². The number of carbonyl (C=O) groups excluding carboxylic acids is 1. The van der Waals surface area contributed by atoms with E-state index in [2.05, 4.69) is 26.6 Å². The first-order chi connectivity index (χ1) is 8.43. The second kappa shape index (κ2) is 6.39. The van der Waals surface area contributed by atoms with Crippen LogP contribution >= 0.6 is 15.9 Å². The second-order valence-corrected chi connectivity index (χ2v) is 4.73. The zero-order valence-corrected chi connectivity index (χ0v) is 11.7. The molecule has 0 saturated heterocycles. The predicted molar refractivity (Wildman–Crippen MR) is 72.8 cm³/mol. The van der Waals surface area contributed by atoms with Gasteiger partial charge in [-0.3, -0.25) is 4.79 Å². The summed E-state index contributed by atoms with van der Waals surface area (Å²) in [4.78, 5) is 22.2. The Morgan fingerprint density at radius 2 is 2.11 bits per heavy atom. The van der Waals surface area contributed by atoms with Crippen LogP contribution in [0.2, 0.25) is 0 Å². The number of halogens is 1. The van der Waals surface area contributed by atoms with E-state index in [1.165, 1.54) is 6.92 Å². The van der Waals surface area contributed by atoms with Crippen molar-refractivity contribution >= 4 is 33.6 Å². The molecule has 0 radical (unpaired) electrons. The van der Waals surface area contributed by atoms with Crippen LogP contribution in [0.4, 0.5) is 10.5 Å². The molecule has 0 saturated carbocycles. The van der Waals surface area contributed by atoms with Gasteiger partial charge in [0.2, 0.25) is 0 Å². The molecular formula is C12H15BrN2O3. The van der Waals surface area contributed by atoms with Crippen LogP contribution in [-0.4, -0.2) is 23.1 Å². The Bertz CT molecular complexity index is 463. The Kier molecular flexibility index (Phi) is 5.15. The van der Waals surface area contributed by atoms with E-state index in [0.29, 0.717) is 5.69 Å². The van der Waals surface area contributed by atoms with E-state index in [4.69, 9.17) is 5.11 Å². The van der Waals surface area contributed by atoms with Crippen molar-refractivity contribution < 1.29 is 14.7 Å². The molecule has 0 aliphatic rings. The smallest absolute Gasteiger partial charge is 0.325 e. The number of benzene rings is 1. The standard InChI is InChI=1S/C12H15BrN2O3/c1-3-8-6-9(13)4-5-10(8)15-12(18)14-7(2)11(16)17/h4-7H,3H2,1-2H3,(H,16,17)(H2,14,15,18). The predicted octanol–water partition coefficient (Wildman–Crippen LogP) is 2.61. The molecule has 1 aromatic carbocycles. The lowest BCUT2D eigenvalue weighted by Crippen LogP contribution is -2.41. The molecule has 0 fully saturated rings. The summed E-state index contributed by atoms with van der Waals surface area (Å²) in [6.45, 7) is 3.38. The summed E-state index contributed by atoms with van der Waals surface area (Å²) in [7, 11) is 0. The Balaban J connectivity index is 2.73. The molecule has 0 spiro atoms. The van der Waals surface area contributed by atoms with Crippen molar-refractivity contribution in [1.29, 1.82) is 0 Å². The average Bonchev–Trinajstić information content (AvgIpc) is 2.31. The fraction of sp³-hybridized carbons (Fsp3) is 0.333. The number of nitrogens with one attached hydrogen (secondary N) is 2. The van der Waals surface area contributed by atoms with E-state index in [1.54, 1.807) is 6.07 Å². The average molecular weight is 315 g/mol. The van der Waals surface area contributed by atoms with Crippen LogP contribution in [0.5, 0.6) is 0 Å². The van der Waals surface area contributed by atoms with Gasteiger partial charge >= 0.3 is 12.0 Å². The van der Waals surface area contributed by atoms with E-state index in [-0.39, 0.29) is 0 Å². The molecule has 1 rings (SSSR count). The van der Waals surface area contributed by atoms with Gasteiger partial charge in [-0.05, 0) is 37.1 Å². The largest absolute Gasteiger partial charge is 0.480 e. The molecule has 1 unspecified atom stereocenters. The van der Waals surface area contributed by atoms with E-state index in [1.807, 2.05) is 19.1 Å². The Morgan fingerprint density at radius 3 is 2.67 bits per heavy atom. The summed E-state index contributed by atoms with van der Waals surface area (Å²) in [6, 6.07) is 4.05. The van der Waals surface area contributed by atoms with Crippen molar-refractivity contribution in [1.82, 2.24) is 5.32 Å². The van der Waals surface area contributed by atoms with Gasteiger partial charge in [0, 0.05) is 10.2 Å². The highest BCUT2D eigenvalue weighted by molar-refractivity contribution is 9.10. The first-order valence-corrected chi connectivity index (χ1v) is 6.32. The lowest BCUT2D eigenvalue weighted by molar-refractivity contribution is -0.138. The summed E-state index contributed by atoms with van der Waals surface area (Å²) in [6.07, 6.45) is 0.767. The van der Waals surface area contributed by atoms with Crippen LogP contribution in [0.3, 0.4) is 0 Å². The molecule has 2 amide bonds. The van der Waals surface area contributed by atoms with Gasteiger partial charge in [0.25, 0.3) is 0 Å². The topological polar surface area (TPSA) is 78.4 Å². The van der Waals surface area contributed by atoms with Crippen molar-refractivity contribution in [2.75, 3.05) is 5.32 Å². The van der Waals surface area contributed by atoms with Crippen molar-refractivity contribution in [2.45, 2.75) is 26.3 Å². The van der Waals surface area contributed by atoms with Gasteiger partial charge in [0.1, 0.15) is 6.04 Å². The summed E-state index contributed by atoms with van der Waals surface area (Å²) < 4.78 is 0.934. The maximum absolute atomic E-state index is 11.6. The van der Waals surface area contributed by atoms with Crippen LogP contribution < -0.4 is 10.6 Å². The molecule has 0 aromatic heterocycles. The number of hydrogen-bond acceptors (Lipinski definition) is 2. The molecule has 98 valence electrons. The lowest BCUT2D eigenvalue weighted by Gasteiger charge is -2.13. The highest BCUT2D eigenvalue weighted by Gasteiger charge is 2.14. The number of aliphatic carboxylic acids is 1. The molecule has 0 aliphatic heterocycles. The molecule has 1 aromatic rings. The highest BCUT2D eigenvalue weighted by atomic mass is 79.9. The number of amides is 2. The molecule has 6 heteroatoms. The van der Waals surface area contributed by atoms with Crippen LogP contribution in [0.15, 0.2) is 22.7 Å². The van der Waals surface area contributed by atoms with Gasteiger partial charge < -0.3 is 15.7 Å². The number of hydrogen-bond donors (Lipinski definition) is 3. The van der Waals surface area contributed by atoms with Gasteiger partial charge in [0.05, 0.1) is 0 Å². The zero-order chi connectivity index (χ0) is 13.7. The fourth-order valence-electron chi connectivity index (χ4n) is 1.39. The van der Waals surface area contributed by atoms with Gasteiger partial charge in [-0.2, -0.15) is 0 Å². The first-order valence-electron chi connectivity index (χ1n) is 5.52. The van der Waals surface area contributed by atoms with Crippen LogP contribution in [-0.2, 0) is 11.2 Å². The van der Waals surface area contributed by atoms with Crippen molar-refractivity contribution in [2.24, 2.45) is 0 Å². The van der Waals surface area contributed by atoms with E-state index < -0.39 is 18.0 Å². The lowest BCUT2D eigenvalue weighted by atomic mass is 10.1. The summed E-state index contributed by atoms with van der Waals surface area (Å²) in [5.74, 6) is -1.07. The maximum atomic E-state index is 11.6. The van der Waals surface area contributed by atoms with E-state index >= 15 is 0 Å². The van der Waals surface area contributed by atoms with Gasteiger partial charge in [-0.1, -0.05) is 22.9 Å². The number of carboxylic acids is 1. The minimum absolute atomic E-state index is 0.526. The summed E-state index contributed by atoms with van der Waals surface area (Å²) in [5.41, 5.74) is 1.65. The Morgan fingerprint density at radius 1 is 1.44 bits per heavy atom. The number of carbonyl (C=O) groups is 2. The molecule has 18 heavy (non-hydrogen) atoms. The minimum Gasteiger partial charge on any atom is -0.480 e. The minimum atomic E-state index is -1.07. The third-order valence-corrected chi connectivity index (χ3v) is 2.91. The van der Waals surface area contributed by atoms with Gasteiger partial charge in [-0.25, -0.2) is 4.79 Å². The molecule has 0 bridgehead atoms. The van der Waals surface area contributed by atoms with Crippen molar-refractivity contribution in [3.05, 3.63) is 28.2 Å². The second-order valence-electron chi connectivity index (χ2n) is 3.81. The van der Waals surface area contributed by atoms with E-state index in [0.717, 1.165) is 16.5 Å². The molecule has 5 nitrogen and oxygen atoms in total. The number of anilines is 1. The van der Waals surface area contributed by atoms with Crippen LogP contribution in [0, 0.1) is 0 Å².